The quantitative estimate of drug-likeness (QED) is 0.643. The highest BCUT2D eigenvalue weighted by Gasteiger charge is 2.11. The number of benzene rings is 1. The Morgan fingerprint density at radius 3 is 2.40 bits per heavy atom. The van der Waals surface area contributed by atoms with Crippen molar-refractivity contribution in [3.63, 3.8) is 0 Å². The molecule has 0 atom stereocenters. The van der Waals surface area contributed by atoms with E-state index in [-0.39, 0.29) is 5.91 Å². The maximum absolute atomic E-state index is 12.0. The summed E-state index contributed by atoms with van der Waals surface area (Å²) in [7, 11) is 3.09. The summed E-state index contributed by atoms with van der Waals surface area (Å²) in [6.07, 6.45) is 0.809. The van der Waals surface area contributed by atoms with Crippen LogP contribution in [0.2, 0.25) is 0 Å². The van der Waals surface area contributed by atoms with E-state index < -0.39 is 0 Å². The van der Waals surface area contributed by atoms with Crippen LogP contribution in [0, 0.1) is 5.92 Å². The third kappa shape index (κ3) is 3.98. The molecule has 0 saturated heterocycles. The zero-order chi connectivity index (χ0) is 15.1. The average molecular weight is 278 g/mol. The van der Waals surface area contributed by atoms with Gasteiger partial charge in [0.05, 0.1) is 14.2 Å². The van der Waals surface area contributed by atoms with Crippen molar-refractivity contribution in [1.82, 2.24) is 5.43 Å². The molecule has 0 spiro atoms. The SMILES string of the molecule is CC/C(=N/NC(=O)c1ccc(OC)c(OC)c1)C(C)C. The first-order valence-corrected chi connectivity index (χ1v) is 6.62. The number of rotatable bonds is 6. The van der Waals surface area contributed by atoms with E-state index in [9.17, 15) is 4.79 Å². The molecule has 0 heterocycles. The summed E-state index contributed by atoms with van der Waals surface area (Å²) in [6, 6.07) is 5.00. The fourth-order valence-electron chi connectivity index (χ4n) is 1.78. The van der Waals surface area contributed by atoms with E-state index in [4.69, 9.17) is 9.47 Å². The molecular formula is C15H22N2O3. The minimum Gasteiger partial charge on any atom is -0.493 e. The number of carbonyl (C=O) groups excluding carboxylic acids is 1. The lowest BCUT2D eigenvalue weighted by molar-refractivity contribution is 0.0954. The Morgan fingerprint density at radius 2 is 1.90 bits per heavy atom. The summed E-state index contributed by atoms with van der Waals surface area (Å²) in [4.78, 5) is 12.0. The van der Waals surface area contributed by atoms with Crippen molar-refractivity contribution in [2.45, 2.75) is 27.2 Å². The molecule has 0 aliphatic rings. The van der Waals surface area contributed by atoms with Crippen LogP contribution in [0.5, 0.6) is 11.5 Å². The molecular weight excluding hydrogens is 256 g/mol. The highest BCUT2D eigenvalue weighted by atomic mass is 16.5. The number of nitrogens with one attached hydrogen (secondary N) is 1. The van der Waals surface area contributed by atoms with Gasteiger partial charge >= 0.3 is 0 Å². The molecule has 0 aromatic heterocycles. The predicted molar refractivity (Wildman–Crippen MR) is 79.6 cm³/mol. The van der Waals surface area contributed by atoms with Gasteiger partial charge in [-0.25, -0.2) is 5.43 Å². The number of hydrazone groups is 1. The summed E-state index contributed by atoms with van der Waals surface area (Å²) in [5.41, 5.74) is 4.01. The van der Waals surface area contributed by atoms with E-state index in [0.717, 1.165) is 12.1 Å². The van der Waals surface area contributed by atoms with Crippen LogP contribution in [-0.4, -0.2) is 25.8 Å². The summed E-state index contributed by atoms with van der Waals surface area (Å²) in [6.45, 7) is 6.11. The Labute approximate surface area is 120 Å². The van der Waals surface area contributed by atoms with Gasteiger partial charge in [-0.05, 0) is 30.5 Å². The lowest BCUT2D eigenvalue weighted by atomic mass is 10.1. The van der Waals surface area contributed by atoms with Crippen molar-refractivity contribution in [2.24, 2.45) is 11.0 Å². The molecule has 0 aliphatic heterocycles. The minimum absolute atomic E-state index is 0.266. The first-order valence-electron chi connectivity index (χ1n) is 6.62. The Hall–Kier alpha value is -2.04. The van der Waals surface area contributed by atoms with Crippen LogP contribution < -0.4 is 14.9 Å². The third-order valence-corrected chi connectivity index (χ3v) is 2.98. The lowest BCUT2D eigenvalue weighted by Gasteiger charge is -2.10. The molecule has 0 radical (unpaired) electrons. The molecule has 5 nitrogen and oxygen atoms in total. The fourth-order valence-corrected chi connectivity index (χ4v) is 1.78. The molecule has 0 aliphatic carbocycles. The minimum atomic E-state index is -0.266. The second-order valence-electron chi connectivity index (χ2n) is 4.62. The molecule has 1 aromatic carbocycles. The van der Waals surface area contributed by atoms with Gasteiger partial charge in [-0.1, -0.05) is 20.8 Å². The van der Waals surface area contributed by atoms with Gasteiger partial charge in [0.1, 0.15) is 0 Å². The van der Waals surface area contributed by atoms with Crippen LogP contribution in [0.15, 0.2) is 23.3 Å². The highest BCUT2D eigenvalue weighted by Crippen LogP contribution is 2.27. The number of amides is 1. The van der Waals surface area contributed by atoms with Crippen molar-refractivity contribution in [3.05, 3.63) is 23.8 Å². The van der Waals surface area contributed by atoms with Gasteiger partial charge in [0, 0.05) is 11.3 Å². The average Bonchev–Trinajstić information content (AvgIpc) is 2.46. The van der Waals surface area contributed by atoms with E-state index in [1.54, 1.807) is 25.3 Å². The number of methoxy groups -OCH3 is 2. The molecule has 0 bridgehead atoms. The number of hydrogen-bond donors (Lipinski definition) is 1. The van der Waals surface area contributed by atoms with E-state index in [1.165, 1.54) is 7.11 Å². The summed E-state index contributed by atoms with van der Waals surface area (Å²) >= 11 is 0. The topological polar surface area (TPSA) is 59.9 Å². The first-order chi connectivity index (χ1) is 9.53. The normalized spacial score (nSPS) is 11.4. The molecule has 20 heavy (non-hydrogen) atoms. The van der Waals surface area contributed by atoms with Gasteiger partial charge in [-0.3, -0.25) is 4.79 Å². The van der Waals surface area contributed by atoms with Crippen LogP contribution in [0.3, 0.4) is 0 Å². The van der Waals surface area contributed by atoms with E-state index in [2.05, 4.69) is 10.5 Å². The largest absolute Gasteiger partial charge is 0.493 e. The molecule has 1 rings (SSSR count). The van der Waals surface area contributed by atoms with E-state index in [0.29, 0.717) is 23.0 Å². The fraction of sp³-hybridized carbons (Fsp3) is 0.467. The smallest absolute Gasteiger partial charge is 0.271 e. The number of carbonyl (C=O) groups is 1. The van der Waals surface area contributed by atoms with Gasteiger partial charge in [0.2, 0.25) is 0 Å². The Morgan fingerprint density at radius 1 is 1.25 bits per heavy atom. The van der Waals surface area contributed by atoms with Gasteiger partial charge in [0.25, 0.3) is 5.91 Å². The number of nitrogens with zero attached hydrogens (tertiary/aromatic N) is 1. The van der Waals surface area contributed by atoms with Crippen molar-refractivity contribution >= 4 is 11.6 Å². The molecule has 0 unspecified atom stereocenters. The Bertz CT molecular complexity index is 496. The highest BCUT2D eigenvalue weighted by molar-refractivity contribution is 5.96. The molecule has 1 aromatic rings. The van der Waals surface area contributed by atoms with Crippen molar-refractivity contribution in [2.75, 3.05) is 14.2 Å². The molecule has 1 N–H and O–H groups in total. The van der Waals surface area contributed by atoms with Crippen LogP contribution in [0.1, 0.15) is 37.6 Å². The van der Waals surface area contributed by atoms with Crippen LogP contribution >= 0.6 is 0 Å². The van der Waals surface area contributed by atoms with Crippen molar-refractivity contribution < 1.29 is 14.3 Å². The van der Waals surface area contributed by atoms with E-state index in [1.807, 2.05) is 20.8 Å². The maximum Gasteiger partial charge on any atom is 0.271 e. The Balaban J connectivity index is 2.88. The standard InChI is InChI=1S/C15H22N2O3/c1-6-12(10(2)3)16-17-15(18)11-7-8-13(19-4)14(9-11)20-5/h7-10H,6H2,1-5H3,(H,17,18)/b16-12-. The zero-order valence-electron chi connectivity index (χ0n) is 12.7. The van der Waals surface area contributed by atoms with Crippen molar-refractivity contribution in [1.29, 1.82) is 0 Å². The predicted octanol–water partition coefficient (Wildman–Crippen LogP) is 2.86. The molecule has 0 saturated carbocycles. The lowest BCUT2D eigenvalue weighted by Crippen LogP contribution is -2.21. The number of ether oxygens (including phenoxy) is 2. The zero-order valence-corrected chi connectivity index (χ0v) is 12.7. The first kappa shape index (κ1) is 16.0. The van der Waals surface area contributed by atoms with Crippen LogP contribution in [-0.2, 0) is 0 Å². The second-order valence-corrected chi connectivity index (χ2v) is 4.62. The number of hydrogen-bond acceptors (Lipinski definition) is 4. The summed E-state index contributed by atoms with van der Waals surface area (Å²) < 4.78 is 10.3. The summed E-state index contributed by atoms with van der Waals surface area (Å²) in [5.74, 6) is 1.15. The third-order valence-electron chi connectivity index (χ3n) is 2.98. The molecule has 1 amide bonds. The molecule has 5 heteroatoms. The van der Waals surface area contributed by atoms with Gasteiger partial charge in [0.15, 0.2) is 11.5 Å². The molecule has 0 fully saturated rings. The maximum atomic E-state index is 12.0. The van der Waals surface area contributed by atoms with Gasteiger partial charge in [-0.15, -0.1) is 0 Å². The van der Waals surface area contributed by atoms with Gasteiger partial charge < -0.3 is 9.47 Å². The summed E-state index contributed by atoms with van der Waals surface area (Å²) in [5, 5.41) is 4.16. The Kier molecular flexibility index (Phi) is 6.03. The second kappa shape index (κ2) is 7.53. The van der Waals surface area contributed by atoms with Gasteiger partial charge in [-0.2, -0.15) is 5.10 Å². The van der Waals surface area contributed by atoms with Crippen LogP contribution in [0.4, 0.5) is 0 Å². The van der Waals surface area contributed by atoms with Crippen molar-refractivity contribution in [3.8, 4) is 11.5 Å². The van der Waals surface area contributed by atoms with Crippen LogP contribution in [0.25, 0.3) is 0 Å². The monoisotopic (exact) mass is 278 g/mol. The molecule has 110 valence electrons. The van der Waals surface area contributed by atoms with E-state index >= 15 is 0 Å².